The van der Waals surface area contributed by atoms with Crippen LogP contribution >= 0.6 is 0 Å². The molecular weight excluding hydrogens is 444 g/mol. The Hall–Kier alpha value is -3.56. The van der Waals surface area contributed by atoms with Gasteiger partial charge in [0.15, 0.2) is 0 Å². The second-order valence-corrected chi connectivity index (χ2v) is 9.20. The number of hydrogen-bond acceptors (Lipinski definition) is 3. The van der Waals surface area contributed by atoms with E-state index < -0.39 is 5.41 Å². The Bertz CT molecular complexity index is 1230. The second-order valence-electron chi connectivity index (χ2n) is 9.20. The Labute approximate surface area is 214 Å². The number of rotatable bonds is 11. The van der Waals surface area contributed by atoms with E-state index >= 15 is 0 Å². The molecule has 0 bridgehead atoms. The van der Waals surface area contributed by atoms with E-state index in [-0.39, 0.29) is 0 Å². The minimum Gasteiger partial charge on any atom is -0.494 e. The lowest BCUT2D eigenvalue weighted by atomic mass is 9.68. The van der Waals surface area contributed by atoms with Crippen LogP contribution in [0.25, 0.3) is 11.1 Å². The Balaban J connectivity index is 1.58. The molecular formula is C33H34O3. The summed E-state index contributed by atoms with van der Waals surface area (Å²) in [6.07, 6.45) is 2.01. The maximum absolute atomic E-state index is 5.96. The van der Waals surface area contributed by atoms with Gasteiger partial charge in [-0.05, 0) is 70.5 Å². The molecule has 0 saturated heterocycles. The normalized spacial score (nSPS) is 13.2. The highest BCUT2D eigenvalue weighted by Crippen LogP contribution is 2.56. The van der Waals surface area contributed by atoms with Gasteiger partial charge in [0.1, 0.15) is 18.1 Å². The van der Waals surface area contributed by atoms with E-state index in [1.807, 2.05) is 0 Å². The SMILES string of the molecule is CCCOCCOc1ccc(C2(c3ccc(OCCC)cc3)c3ccccc3-c3ccccc32)cc1. The van der Waals surface area contributed by atoms with E-state index in [1.165, 1.54) is 33.4 Å². The molecule has 184 valence electrons. The van der Waals surface area contributed by atoms with Gasteiger partial charge in [0.05, 0.1) is 18.6 Å². The van der Waals surface area contributed by atoms with E-state index in [1.54, 1.807) is 0 Å². The summed E-state index contributed by atoms with van der Waals surface area (Å²) in [4.78, 5) is 0. The van der Waals surface area contributed by atoms with Crippen molar-refractivity contribution in [3.05, 3.63) is 119 Å². The first kappa shape index (κ1) is 24.1. The summed E-state index contributed by atoms with van der Waals surface area (Å²) >= 11 is 0. The Morgan fingerprint density at radius 1 is 0.500 bits per heavy atom. The molecule has 0 atom stereocenters. The summed E-state index contributed by atoms with van der Waals surface area (Å²) in [5.74, 6) is 1.77. The predicted octanol–water partition coefficient (Wildman–Crippen LogP) is 7.64. The van der Waals surface area contributed by atoms with Crippen LogP contribution < -0.4 is 9.47 Å². The fraction of sp³-hybridized carbons (Fsp3) is 0.273. The third-order valence-corrected chi connectivity index (χ3v) is 6.84. The van der Waals surface area contributed by atoms with Gasteiger partial charge in [-0.3, -0.25) is 0 Å². The first-order chi connectivity index (χ1) is 17.8. The smallest absolute Gasteiger partial charge is 0.119 e. The van der Waals surface area contributed by atoms with E-state index in [0.717, 1.165) is 37.6 Å². The Morgan fingerprint density at radius 3 is 1.47 bits per heavy atom. The first-order valence-corrected chi connectivity index (χ1v) is 13.0. The summed E-state index contributed by atoms with van der Waals surface area (Å²) in [5.41, 5.74) is 7.20. The van der Waals surface area contributed by atoms with Gasteiger partial charge in [-0.15, -0.1) is 0 Å². The molecule has 0 saturated carbocycles. The molecule has 0 N–H and O–H groups in total. The standard InChI is InChI=1S/C33H34O3/c1-3-21-34-23-24-36-28-19-15-26(16-20-28)33(25-13-17-27(18-14-25)35-22-4-2)31-11-7-5-9-29(31)30-10-6-8-12-32(30)33/h5-20H,3-4,21-24H2,1-2H3. The molecule has 1 aliphatic carbocycles. The van der Waals surface area contributed by atoms with Crippen molar-refractivity contribution >= 4 is 0 Å². The summed E-state index contributed by atoms with van der Waals surface area (Å²) in [5, 5.41) is 0. The average Bonchev–Trinajstić information content (AvgIpc) is 3.24. The molecule has 0 radical (unpaired) electrons. The highest BCUT2D eigenvalue weighted by Gasteiger charge is 2.45. The van der Waals surface area contributed by atoms with E-state index in [4.69, 9.17) is 14.2 Å². The van der Waals surface area contributed by atoms with Crippen LogP contribution in [0.4, 0.5) is 0 Å². The molecule has 0 heterocycles. The van der Waals surface area contributed by atoms with Crippen molar-refractivity contribution < 1.29 is 14.2 Å². The van der Waals surface area contributed by atoms with Gasteiger partial charge < -0.3 is 14.2 Å². The summed E-state index contributed by atoms with van der Waals surface area (Å²) < 4.78 is 17.4. The van der Waals surface area contributed by atoms with Gasteiger partial charge in [0.25, 0.3) is 0 Å². The topological polar surface area (TPSA) is 27.7 Å². The highest BCUT2D eigenvalue weighted by atomic mass is 16.5. The summed E-state index contributed by atoms with van der Waals surface area (Å²) in [6, 6.07) is 34.8. The Morgan fingerprint density at radius 2 is 0.972 bits per heavy atom. The zero-order valence-electron chi connectivity index (χ0n) is 21.2. The summed E-state index contributed by atoms with van der Waals surface area (Å²) in [6.45, 7) is 6.89. The van der Waals surface area contributed by atoms with Crippen LogP contribution in [-0.4, -0.2) is 26.4 Å². The fourth-order valence-electron chi connectivity index (χ4n) is 5.31. The van der Waals surface area contributed by atoms with E-state index in [9.17, 15) is 0 Å². The molecule has 4 aromatic rings. The van der Waals surface area contributed by atoms with Crippen LogP contribution in [-0.2, 0) is 10.2 Å². The molecule has 5 rings (SSSR count). The van der Waals surface area contributed by atoms with Gasteiger partial charge in [-0.25, -0.2) is 0 Å². The zero-order valence-corrected chi connectivity index (χ0v) is 21.2. The zero-order chi connectivity index (χ0) is 24.8. The summed E-state index contributed by atoms with van der Waals surface area (Å²) in [7, 11) is 0. The number of benzene rings is 4. The maximum Gasteiger partial charge on any atom is 0.119 e. The molecule has 0 aliphatic heterocycles. The van der Waals surface area contributed by atoms with Gasteiger partial charge in [0.2, 0.25) is 0 Å². The quantitative estimate of drug-likeness (QED) is 0.183. The lowest BCUT2D eigenvalue weighted by molar-refractivity contribution is 0.101. The molecule has 0 aromatic heterocycles. The van der Waals surface area contributed by atoms with Crippen molar-refractivity contribution in [2.75, 3.05) is 26.4 Å². The Kier molecular flexibility index (Phi) is 7.39. The second kappa shape index (κ2) is 11.0. The molecule has 0 spiro atoms. The highest BCUT2D eigenvalue weighted by molar-refractivity contribution is 5.86. The molecule has 4 aromatic carbocycles. The van der Waals surface area contributed by atoms with Gasteiger partial charge in [0, 0.05) is 6.61 Å². The van der Waals surface area contributed by atoms with Crippen LogP contribution in [0.1, 0.15) is 48.9 Å². The minimum absolute atomic E-state index is 0.417. The monoisotopic (exact) mass is 478 g/mol. The first-order valence-electron chi connectivity index (χ1n) is 13.0. The van der Waals surface area contributed by atoms with Crippen molar-refractivity contribution in [1.29, 1.82) is 0 Å². The number of hydrogen-bond donors (Lipinski definition) is 0. The number of fused-ring (bicyclic) bond motifs is 3. The van der Waals surface area contributed by atoms with Crippen molar-refractivity contribution in [3.8, 4) is 22.6 Å². The van der Waals surface area contributed by atoms with Gasteiger partial charge >= 0.3 is 0 Å². The lowest BCUT2D eigenvalue weighted by Crippen LogP contribution is -2.28. The van der Waals surface area contributed by atoms with Crippen LogP contribution in [0, 0.1) is 0 Å². The van der Waals surface area contributed by atoms with Crippen molar-refractivity contribution in [2.24, 2.45) is 0 Å². The van der Waals surface area contributed by atoms with Gasteiger partial charge in [-0.2, -0.15) is 0 Å². The maximum atomic E-state index is 5.96. The fourth-order valence-corrected chi connectivity index (χ4v) is 5.31. The largest absolute Gasteiger partial charge is 0.494 e. The van der Waals surface area contributed by atoms with Crippen molar-refractivity contribution in [2.45, 2.75) is 32.1 Å². The molecule has 0 fully saturated rings. The third-order valence-electron chi connectivity index (χ3n) is 6.84. The molecule has 3 nitrogen and oxygen atoms in total. The van der Waals surface area contributed by atoms with Crippen molar-refractivity contribution in [1.82, 2.24) is 0 Å². The molecule has 1 aliphatic rings. The molecule has 3 heteroatoms. The minimum atomic E-state index is -0.417. The average molecular weight is 479 g/mol. The van der Waals surface area contributed by atoms with Crippen molar-refractivity contribution in [3.63, 3.8) is 0 Å². The predicted molar refractivity (Wildman–Crippen MR) is 146 cm³/mol. The van der Waals surface area contributed by atoms with Crippen LogP contribution in [0.15, 0.2) is 97.1 Å². The van der Waals surface area contributed by atoms with E-state index in [0.29, 0.717) is 13.2 Å². The molecule has 0 unspecified atom stereocenters. The van der Waals surface area contributed by atoms with E-state index in [2.05, 4.69) is 111 Å². The molecule has 0 amide bonds. The lowest BCUT2D eigenvalue weighted by Gasteiger charge is -2.34. The van der Waals surface area contributed by atoms with Gasteiger partial charge in [-0.1, -0.05) is 86.6 Å². The van der Waals surface area contributed by atoms with Crippen LogP contribution in [0.5, 0.6) is 11.5 Å². The van der Waals surface area contributed by atoms with Crippen LogP contribution in [0.3, 0.4) is 0 Å². The number of ether oxygens (including phenoxy) is 3. The van der Waals surface area contributed by atoms with Crippen LogP contribution in [0.2, 0.25) is 0 Å². The third kappa shape index (κ3) is 4.40. The molecule has 36 heavy (non-hydrogen) atoms.